The summed E-state index contributed by atoms with van der Waals surface area (Å²) in [7, 11) is 0. The average molecular weight is 259 g/mol. The highest BCUT2D eigenvalue weighted by Crippen LogP contribution is 2.37. The minimum atomic E-state index is 0.401. The lowest BCUT2D eigenvalue weighted by molar-refractivity contribution is 0.0850. The van der Waals surface area contributed by atoms with Crippen molar-refractivity contribution in [3.8, 4) is 5.75 Å². The van der Waals surface area contributed by atoms with Crippen LogP contribution in [0.2, 0.25) is 0 Å². The van der Waals surface area contributed by atoms with Crippen LogP contribution in [0.4, 0.5) is 5.69 Å². The monoisotopic (exact) mass is 259 g/mol. The summed E-state index contributed by atoms with van der Waals surface area (Å²) in [6.45, 7) is 5.82. The zero-order valence-corrected chi connectivity index (χ0v) is 12.2. The van der Waals surface area contributed by atoms with E-state index < -0.39 is 0 Å². The van der Waals surface area contributed by atoms with Gasteiger partial charge in [0.1, 0.15) is 5.75 Å². The lowest BCUT2D eigenvalue weighted by Gasteiger charge is -2.35. The van der Waals surface area contributed by atoms with Crippen molar-refractivity contribution >= 4 is 5.69 Å². The van der Waals surface area contributed by atoms with Crippen molar-refractivity contribution in [1.82, 2.24) is 0 Å². The molecule has 0 spiro atoms. The maximum absolute atomic E-state index is 6.23. The van der Waals surface area contributed by atoms with Crippen LogP contribution in [-0.2, 0) is 6.42 Å². The maximum Gasteiger partial charge on any atom is 0.120 e. The van der Waals surface area contributed by atoms with Gasteiger partial charge in [0, 0.05) is 12.2 Å². The quantitative estimate of drug-likeness (QED) is 0.850. The van der Waals surface area contributed by atoms with Crippen molar-refractivity contribution < 1.29 is 4.74 Å². The summed E-state index contributed by atoms with van der Waals surface area (Å²) in [5.74, 6) is 1.06. The summed E-state index contributed by atoms with van der Waals surface area (Å²) in [4.78, 5) is 0. The van der Waals surface area contributed by atoms with E-state index in [0.29, 0.717) is 11.5 Å². The smallest absolute Gasteiger partial charge is 0.120 e. The predicted octanol–water partition coefficient (Wildman–Crippen LogP) is 4.39. The molecule has 1 unspecified atom stereocenters. The Morgan fingerprint density at radius 1 is 1.26 bits per heavy atom. The number of benzene rings is 1. The van der Waals surface area contributed by atoms with Crippen LogP contribution in [0.1, 0.15) is 51.5 Å². The third-order valence-corrected chi connectivity index (χ3v) is 4.48. The SMILES string of the molecule is CC1(C)CCCC(Oc2ccc3c(c2)CCCN3)C1. The van der Waals surface area contributed by atoms with Gasteiger partial charge in [0.2, 0.25) is 0 Å². The highest BCUT2D eigenvalue weighted by Gasteiger charge is 2.29. The first-order valence-electron chi connectivity index (χ1n) is 7.66. The summed E-state index contributed by atoms with van der Waals surface area (Å²) in [5.41, 5.74) is 3.15. The first kappa shape index (κ1) is 12.8. The van der Waals surface area contributed by atoms with Gasteiger partial charge in [-0.25, -0.2) is 0 Å². The fourth-order valence-electron chi connectivity index (χ4n) is 3.45. The molecular weight excluding hydrogens is 234 g/mol. The van der Waals surface area contributed by atoms with Gasteiger partial charge in [-0.05, 0) is 67.7 Å². The zero-order chi connectivity index (χ0) is 13.3. The van der Waals surface area contributed by atoms with Crippen LogP contribution in [0.25, 0.3) is 0 Å². The van der Waals surface area contributed by atoms with Gasteiger partial charge in [-0.2, -0.15) is 0 Å². The first-order chi connectivity index (χ1) is 9.12. The van der Waals surface area contributed by atoms with Crippen molar-refractivity contribution in [2.75, 3.05) is 11.9 Å². The molecule has 1 atom stereocenters. The number of nitrogens with one attached hydrogen (secondary N) is 1. The highest BCUT2D eigenvalue weighted by molar-refractivity contribution is 5.55. The van der Waals surface area contributed by atoms with Crippen LogP contribution in [-0.4, -0.2) is 12.6 Å². The Balaban J connectivity index is 1.69. The third kappa shape index (κ3) is 3.05. The van der Waals surface area contributed by atoms with E-state index in [1.807, 2.05) is 0 Å². The molecule has 1 fully saturated rings. The summed E-state index contributed by atoms with van der Waals surface area (Å²) in [5, 5.41) is 3.45. The van der Waals surface area contributed by atoms with Crippen molar-refractivity contribution in [2.45, 2.75) is 58.5 Å². The van der Waals surface area contributed by atoms with E-state index in [2.05, 4.69) is 37.4 Å². The summed E-state index contributed by atoms with van der Waals surface area (Å²) < 4.78 is 6.23. The van der Waals surface area contributed by atoms with Crippen molar-refractivity contribution in [1.29, 1.82) is 0 Å². The van der Waals surface area contributed by atoms with Crippen LogP contribution in [0.15, 0.2) is 18.2 Å². The molecule has 0 saturated heterocycles. The molecule has 0 aromatic heterocycles. The van der Waals surface area contributed by atoms with E-state index >= 15 is 0 Å². The van der Waals surface area contributed by atoms with Crippen LogP contribution < -0.4 is 10.1 Å². The fourth-order valence-corrected chi connectivity index (χ4v) is 3.45. The Bertz CT molecular complexity index is 453. The molecule has 1 saturated carbocycles. The third-order valence-electron chi connectivity index (χ3n) is 4.48. The number of anilines is 1. The van der Waals surface area contributed by atoms with Gasteiger partial charge in [0.15, 0.2) is 0 Å². The molecule has 1 aliphatic heterocycles. The molecule has 0 amide bonds. The second kappa shape index (κ2) is 5.07. The number of hydrogen-bond acceptors (Lipinski definition) is 2. The molecule has 1 heterocycles. The van der Waals surface area contributed by atoms with E-state index in [4.69, 9.17) is 4.74 Å². The van der Waals surface area contributed by atoms with Gasteiger partial charge in [0.25, 0.3) is 0 Å². The highest BCUT2D eigenvalue weighted by atomic mass is 16.5. The van der Waals surface area contributed by atoms with Gasteiger partial charge < -0.3 is 10.1 Å². The molecule has 2 nitrogen and oxygen atoms in total. The summed E-state index contributed by atoms with van der Waals surface area (Å²) in [6.07, 6.45) is 7.83. The van der Waals surface area contributed by atoms with E-state index in [1.165, 1.54) is 49.8 Å². The molecule has 1 aromatic carbocycles. The lowest BCUT2D eigenvalue weighted by Crippen LogP contribution is -2.30. The summed E-state index contributed by atoms with van der Waals surface area (Å²) in [6, 6.07) is 6.54. The van der Waals surface area contributed by atoms with E-state index in [1.54, 1.807) is 0 Å². The van der Waals surface area contributed by atoms with Crippen LogP contribution in [0.5, 0.6) is 5.75 Å². The molecule has 1 N–H and O–H groups in total. The Morgan fingerprint density at radius 3 is 3.00 bits per heavy atom. The van der Waals surface area contributed by atoms with E-state index in [0.717, 1.165) is 12.3 Å². The van der Waals surface area contributed by atoms with Gasteiger partial charge in [-0.15, -0.1) is 0 Å². The Morgan fingerprint density at radius 2 is 2.16 bits per heavy atom. The van der Waals surface area contributed by atoms with Crippen molar-refractivity contribution in [3.63, 3.8) is 0 Å². The number of ether oxygens (including phenoxy) is 1. The lowest BCUT2D eigenvalue weighted by atomic mass is 9.76. The number of hydrogen-bond donors (Lipinski definition) is 1. The van der Waals surface area contributed by atoms with Gasteiger partial charge >= 0.3 is 0 Å². The molecule has 2 heteroatoms. The second-order valence-corrected chi connectivity index (χ2v) is 6.85. The minimum absolute atomic E-state index is 0.401. The molecule has 104 valence electrons. The molecule has 0 bridgehead atoms. The van der Waals surface area contributed by atoms with Crippen LogP contribution in [0.3, 0.4) is 0 Å². The first-order valence-corrected chi connectivity index (χ1v) is 7.66. The van der Waals surface area contributed by atoms with Gasteiger partial charge in [-0.1, -0.05) is 13.8 Å². The molecule has 3 rings (SSSR count). The number of fused-ring (bicyclic) bond motifs is 1. The molecule has 19 heavy (non-hydrogen) atoms. The Kier molecular flexibility index (Phi) is 3.42. The average Bonchev–Trinajstić information content (AvgIpc) is 2.37. The van der Waals surface area contributed by atoms with Gasteiger partial charge in [0.05, 0.1) is 6.10 Å². The molecule has 1 aromatic rings. The normalized spacial score (nSPS) is 25.3. The van der Waals surface area contributed by atoms with Gasteiger partial charge in [-0.3, -0.25) is 0 Å². The van der Waals surface area contributed by atoms with E-state index in [9.17, 15) is 0 Å². The maximum atomic E-state index is 6.23. The number of rotatable bonds is 2. The molecule has 1 aliphatic carbocycles. The number of aryl methyl sites for hydroxylation is 1. The minimum Gasteiger partial charge on any atom is -0.490 e. The molecule has 0 radical (unpaired) electrons. The second-order valence-electron chi connectivity index (χ2n) is 6.85. The standard InChI is InChI=1S/C17H25NO/c1-17(2)9-3-6-15(12-17)19-14-7-8-16-13(11-14)5-4-10-18-16/h7-8,11,15,18H,3-6,9-10,12H2,1-2H3. The van der Waals surface area contributed by atoms with Crippen LogP contribution >= 0.6 is 0 Å². The Hall–Kier alpha value is -1.18. The largest absolute Gasteiger partial charge is 0.490 e. The summed E-state index contributed by atoms with van der Waals surface area (Å²) >= 11 is 0. The van der Waals surface area contributed by atoms with Crippen molar-refractivity contribution in [2.24, 2.45) is 5.41 Å². The van der Waals surface area contributed by atoms with E-state index in [-0.39, 0.29) is 0 Å². The predicted molar refractivity (Wildman–Crippen MR) is 79.9 cm³/mol. The molecular formula is C17H25NO. The topological polar surface area (TPSA) is 21.3 Å². The van der Waals surface area contributed by atoms with Crippen molar-refractivity contribution in [3.05, 3.63) is 23.8 Å². The molecule has 2 aliphatic rings. The fraction of sp³-hybridized carbons (Fsp3) is 0.647. The Labute approximate surface area is 116 Å². The zero-order valence-electron chi connectivity index (χ0n) is 12.2. The van der Waals surface area contributed by atoms with Crippen LogP contribution in [0, 0.1) is 5.41 Å².